The molecule has 0 bridgehead atoms. The summed E-state index contributed by atoms with van der Waals surface area (Å²) in [4.78, 5) is 39.8. The van der Waals surface area contributed by atoms with Crippen molar-refractivity contribution in [3.8, 4) is 0 Å². The number of hydrogen-bond acceptors (Lipinski definition) is 4. The molecular formula is C19H34N4O3. The van der Waals surface area contributed by atoms with Gasteiger partial charge in [0.1, 0.15) is 6.04 Å². The summed E-state index contributed by atoms with van der Waals surface area (Å²) < 4.78 is 0. The average molecular weight is 367 g/mol. The van der Waals surface area contributed by atoms with Gasteiger partial charge < -0.3 is 15.5 Å². The van der Waals surface area contributed by atoms with E-state index >= 15 is 0 Å². The molecule has 1 aliphatic heterocycles. The lowest BCUT2D eigenvalue weighted by Crippen LogP contribution is -2.51. The molecule has 1 heterocycles. The van der Waals surface area contributed by atoms with Crippen molar-refractivity contribution in [2.45, 2.75) is 64.0 Å². The first kappa shape index (κ1) is 20.7. The second-order valence-corrected chi connectivity index (χ2v) is 7.92. The lowest BCUT2D eigenvalue weighted by molar-refractivity contribution is -0.134. The van der Waals surface area contributed by atoms with E-state index in [0.29, 0.717) is 6.54 Å². The number of rotatable bonds is 6. The van der Waals surface area contributed by atoms with Crippen molar-refractivity contribution < 1.29 is 14.4 Å². The first-order chi connectivity index (χ1) is 12.4. The Hall–Kier alpha value is -1.63. The summed E-state index contributed by atoms with van der Waals surface area (Å²) in [5.41, 5.74) is 0. The highest BCUT2D eigenvalue weighted by atomic mass is 16.2. The van der Waals surface area contributed by atoms with Crippen LogP contribution in [0.5, 0.6) is 0 Å². The zero-order valence-electron chi connectivity index (χ0n) is 16.4. The quantitative estimate of drug-likeness (QED) is 0.726. The van der Waals surface area contributed by atoms with E-state index in [0.717, 1.165) is 38.8 Å². The smallest absolute Gasteiger partial charge is 0.244 e. The van der Waals surface area contributed by atoms with Crippen molar-refractivity contribution in [3.63, 3.8) is 0 Å². The summed E-state index contributed by atoms with van der Waals surface area (Å²) in [7, 11) is 3.36. The Labute approximate surface area is 156 Å². The fourth-order valence-electron chi connectivity index (χ4n) is 3.86. The predicted octanol–water partition coefficient (Wildman–Crippen LogP) is 0.740. The molecule has 2 rings (SSSR count). The molecule has 0 aromatic rings. The van der Waals surface area contributed by atoms with E-state index in [2.05, 4.69) is 15.5 Å². The van der Waals surface area contributed by atoms with Gasteiger partial charge in [-0.3, -0.25) is 19.3 Å². The lowest BCUT2D eigenvalue weighted by Gasteiger charge is -2.33. The summed E-state index contributed by atoms with van der Waals surface area (Å²) in [5, 5.41) is 5.96. The van der Waals surface area contributed by atoms with E-state index in [1.54, 1.807) is 21.0 Å². The highest BCUT2D eigenvalue weighted by molar-refractivity contribution is 5.87. The van der Waals surface area contributed by atoms with Crippen LogP contribution >= 0.6 is 0 Å². The number of likely N-dealkylation sites (N-methyl/N-ethyl adjacent to an activating group) is 1. The van der Waals surface area contributed by atoms with E-state index in [1.807, 2.05) is 0 Å². The predicted molar refractivity (Wildman–Crippen MR) is 100 cm³/mol. The number of likely N-dealkylation sites (tertiary alicyclic amines) is 1. The van der Waals surface area contributed by atoms with Crippen molar-refractivity contribution in [1.82, 2.24) is 20.4 Å². The van der Waals surface area contributed by atoms with Crippen LogP contribution in [0.1, 0.15) is 51.9 Å². The van der Waals surface area contributed by atoms with Crippen molar-refractivity contribution in [2.24, 2.45) is 5.92 Å². The molecule has 1 aliphatic carbocycles. The third kappa shape index (κ3) is 6.27. The van der Waals surface area contributed by atoms with Gasteiger partial charge >= 0.3 is 0 Å². The average Bonchev–Trinajstić information content (AvgIpc) is 2.63. The van der Waals surface area contributed by atoms with E-state index in [9.17, 15) is 14.4 Å². The standard InChI is InChI=1S/C19H34N4O3/c1-14(19(26)22(2)3)20-17(24)13-23-11-9-16(10-12-23)21-18(25)15-7-5-4-6-8-15/h14-16H,4-13H2,1-3H3,(H,20,24)(H,21,25). The Morgan fingerprint density at radius 2 is 1.65 bits per heavy atom. The van der Waals surface area contributed by atoms with Gasteiger partial charge in [-0.1, -0.05) is 19.3 Å². The third-order valence-corrected chi connectivity index (χ3v) is 5.47. The maximum atomic E-state index is 12.3. The second kappa shape index (κ2) is 9.90. The van der Waals surface area contributed by atoms with Gasteiger partial charge in [-0.25, -0.2) is 0 Å². The SMILES string of the molecule is CC(NC(=O)CN1CCC(NC(=O)C2CCCCC2)CC1)C(=O)N(C)C. The van der Waals surface area contributed by atoms with E-state index in [4.69, 9.17) is 0 Å². The highest BCUT2D eigenvalue weighted by Gasteiger charge is 2.27. The number of hydrogen-bond donors (Lipinski definition) is 2. The molecule has 2 fully saturated rings. The molecule has 1 saturated heterocycles. The molecule has 0 radical (unpaired) electrons. The molecule has 1 atom stereocenters. The van der Waals surface area contributed by atoms with Crippen molar-refractivity contribution in [3.05, 3.63) is 0 Å². The summed E-state index contributed by atoms with van der Waals surface area (Å²) in [6, 6.07) is -0.289. The van der Waals surface area contributed by atoms with Crippen LogP contribution in [0.25, 0.3) is 0 Å². The number of piperidine rings is 1. The van der Waals surface area contributed by atoms with Gasteiger partial charge in [-0.15, -0.1) is 0 Å². The number of carbonyl (C=O) groups is 3. The van der Waals surface area contributed by atoms with Crippen LogP contribution in [-0.2, 0) is 14.4 Å². The zero-order valence-corrected chi connectivity index (χ0v) is 16.4. The first-order valence-electron chi connectivity index (χ1n) is 9.90. The van der Waals surface area contributed by atoms with Crippen molar-refractivity contribution in [2.75, 3.05) is 33.7 Å². The maximum absolute atomic E-state index is 12.3. The molecule has 7 heteroatoms. The summed E-state index contributed by atoms with van der Waals surface area (Å²) in [6.45, 7) is 3.58. The Morgan fingerprint density at radius 1 is 1.04 bits per heavy atom. The molecule has 2 aliphatic rings. The van der Waals surface area contributed by atoms with Crippen LogP contribution in [-0.4, -0.2) is 73.3 Å². The van der Waals surface area contributed by atoms with E-state index < -0.39 is 6.04 Å². The number of carbonyl (C=O) groups excluding carboxylic acids is 3. The van der Waals surface area contributed by atoms with Gasteiger partial charge in [0.05, 0.1) is 6.54 Å². The molecule has 148 valence electrons. The van der Waals surface area contributed by atoms with Gasteiger partial charge in [0.15, 0.2) is 0 Å². The van der Waals surface area contributed by atoms with Crippen LogP contribution in [0.3, 0.4) is 0 Å². The van der Waals surface area contributed by atoms with Gasteiger partial charge in [0.2, 0.25) is 17.7 Å². The van der Waals surface area contributed by atoms with Gasteiger partial charge in [0.25, 0.3) is 0 Å². The number of nitrogens with one attached hydrogen (secondary N) is 2. The molecule has 1 unspecified atom stereocenters. The topological polar surface area (TPSA) is 81.8 Å². The molecule has 0 spiro atoms. The van der Waals surface area contributed by atoms with Crippen molar-refractivity contribution >= 4 is 17.7 Å². The van der Waals surface area contributed by atoms with Crippen LogP contribution < -0.4 is 10.6 Å². The first-order valence-corrected chi connectivity index (χ1v) is 9.90. The minimum absolute atomic E-state index is 0.109. The Bertz CT molecular complexity index is 495. The van der Waals surface area contributed by atoms with Gasteiger partial charge in [0, 0.05) is 39.1 Å². The molecule has 3 amide bonds. The van der Waals surface area contributed by atoms with Crippen LogP contribution in [0, 0.1) is 5.92 Å². The second-order valence-electron chi connectivity index (χ2n) is 7.92. The molecule has 7 nitrogen and oxygen atoms in total. The molecule has 0 aromatic carbocycles. The number of amides is 3. The zero-order chi connectivity index (χ0) is 19.1. The van der Waals surface area contributed by atoms with Gasteiger partial charge in [-0.2, -0.15) is 0 Å². The normalized spacial score (nSPS) is 21.0. The van der Waals surface area contributed by atoms with Crippen molar-refractivity contribution in [1.29, 1.82) is 0 Å². The molecule has 2 N–H and O–H groups in total. The molecule has 0 aromatic heterocycles. The Kier molecular flexibility index (Phi) is 7.87. The van der Waals surface area contributed by atoms with Crippen LogP contribution in [0.4, 0.5) is 0 Å². The largest absolute Gasteiger partial charge is 0.353 e. The van der Waals surface area contributed by atoms with Gasteiger partial charge in [-0.05, 0) is 32.6 Å². The van der Waals surface area contributed by atoms with E-state index in [1.165, 1.54) is 24.2 Å². The summed E-state index contributed by atoms with van der Waals surface area (Å²) in [6.07, 6.45) is 7.38. The minimum Gasteiger partial charge on any atom is -0.353 e. The maximum Gasteiger partial charge on any atom is 0.244 e. The van der Waals surface area contributed by atoms with Crippen LogP contribution in [0.2, 0.25) is 0 Å². The minimum atomic E-state index is -0.509. The Balaban J connectivity index is 1.67. The monoisotopic (exact) mass is 366 g/mol. The fourth-order valence-corrected chi connectivity index (χ4v) is 3.86. The molecular weight excluding hydrogens is 332 g/mol. The number of nitrogens with zero attached hydrogens (tertiary/aromatic N) is 2. The van der Waals surface area contributed by atoms with Crippen LogP contribution in [0.15, 0.2) is 0 Å². The highest BCUT2D eigenvalue weighted by Crippen LogP contribution is 2.24. The molecule has 26 heavy (non-hydrogen) atoms. The molecule has 1 saturated carbocycles. The van der Waals surface area contributed by atoms with E-state index in [-0.39, 0.29) is 29.7 Å². The third-order valence-electron chi connectivity index (χ3n) is 5.47. The lowest BCUT2D eigenvalue weighted by atomic mass is 9.88. The summed E-state index contributed by atoms with van der Waals surface area (Å²) in [5.74, 6) is 0.181. The summed E-state index contributed by atoms with van der Waals surface area (Å²) >= 11 is 0. The fraction of sp³-hybridized carbons (Fsp3) is 0.842. The Morgan fingerprint density at radius 3 is 2.23 bits per heavy atom.